The number of hydrogen-bond acceptors (Lipinski definition) is 4. The number of unbranched alkanes of at least 4 members (excludes halogenated alkanes) is 1. The number of hydrogen-bond donors (Lipinski definition) is 1. The Morgan fingerprint density at radius 3 is 2.84 bits per heavy atom. The average molecular weight is 266 g/mol. The molecule has 0 unspecified atom stereocenters. The van der Waals surface area contributed by atoms with Gasteiger partial charge in [-0.1, -0.05) is 27.2 Å². The molecule has 1 aromatic heterocycles. The van der Waals surface area contributed by atoms with Crippen molar-refractivity contribution in [3.05, 3.63) is 24.0 Å². The minimum Gasteiger partial charge on any atom is -0.491 e. The molecule has 0 aliphatic heterocycles. The predicted octanol–water partition coefficient (Wildman–Crippen LogP) is 2.78. The average Bonchev–Trinajstić information content (AvgIpc) is 2.41. The summed E-state index contributed by atoms with van der Waals surface area (Å²) in [5.41, 5.74) is 0.998. The Hall–Kier alpha value is -1.13. The first-order valence-electron chi connectivity index (χ1n) is 7.11. The molecular formula is C15H26N2O2. The number of rotatable bonds is 10. The molecule has 1 aromatic rings. The fraction of sp³-hybridized carbons (Fsp3) is 0.667. The summed E-state index contributed by atoms with van der Waals surface area (Å²) in [6.07, 6.45) is 4.06. The van der Waals surface area contributed by atoms with E-state index in [4.69, 9.17) is 9.47 Å². The summed E-state index contributed by atoms with van der Waals surface area (Å²) < 4.78 is 11.1. The van der Waals surface area contributed by atoms with Crippen LogP contribution in [0.15, 0.2) is 18.3 Å². The number of ether oxygens (including phenoxy) is 2. The van der Waals surface area contributed by atoms with E-state index < -0.39 is 0 Å². The van der Waals surface area contributed by atoms with Crippen LogP contribution in [0.4, 0.5) is 0 Å². The summed E-state index contributed by atoms with van der Waals surface area (Å²) in [4.78, 5) is 4.31. The molecule has 1 heterocycles. The van der Waals surface area contributed by atoms with Crippen molar-refractivity contribution >= 4 is 0 Å². The van der Waals surface area contributed by atoms with Crippen LogP contribution in [-0.4, -0.2) is 30.8 Å². The first-order chi connectivity index (χ1) is 9.22. The number of nitrogens with zero attached hydrogens (tertiary/aromatic N) is 1. The first kappa shape index (κ1) is 15.9. The van der Waals surface area contributed by atoms with Crippen LogP contribution in [0.5, 0.6) is 5.75 Å². The van der Waals surface area contributed by atoms with Gasteiger partial charge in [-0.2, -0.15) is 0 Å². The van der Waals surface area contributed by atoms with Gasteiger partial charge in [-0.25, -0.2) is 0 Å². The molecule has 0 atom stereocenters. The van der Waals surface area contributed by atoms with Gasteiger partial charge in [0.1, 0.15) is 12.4 Å². The van der Waals surface area contributed by atoms with Crippen molar-refractivity contribution < 1.29 is 9.47 Å². The molecule has 0 spiro atoms. The monoisotopic (exact) mass is 266 g/mol. The standard InChI is InChI=1S/C15H26N2O2/c1-4-5-8-18-9-10-19-15-6-7-16-14(11-15)12-17-13(2)3/h6-7,11,13,17H,4-5,8-10,12H2,1-3H3. The molecular weight excluding hydrogens is 240 g/mol. The predicted molar refractivity (Wildman–Crippen MR) is 77.4 cm³/mol. The molecule has 0 saturated carbocycles. The van der Waals surface area contributed by atoms with E-state index in [0.717, 1.165) is 37.4 Å². The third kappa shape index (κ3) is 7.80. The van der Waals surface area contributed by atoms with Crippen LogP contribution in [0.3, 0.4) is 0 Å². The van der Waals surface area contributed by atoms with E-state index >= 15 is 0 Å². The summed E-state index contributed by atoms with van der Waals surface area (Å²) in [5, 5.41) is 3.34. The van der Waals surface area contributed by atoms with E-state index in [9.17, 15) is 0 Å². The lowest BCUT2D eigenvalue weighted by Gasteiger charge is -2.10. The molecule has 108 valence electrons. The van der Waals surface area contributed by atoms with E-state index in [0.29, 0.717) is 19.3 Å². The molecule has 19 heavy (non-hydrogen) atoms. The van der Waals surface area contributed by atoms with Gasteiger partial charge >= 0.3 is 0 Å². The summed E-state index contributed by atoms with van der Waals surface area (Å²) in [6.45, 7) is 9.21. The number of nitrogens with one attached hydrogen (secondary N) is 1. The van der Waals surface area contributed by atoms with Gasteiger partial charge in [0.05, 0.1) is 12.3 Å². The van der Waals surface area contributed by atoms with Crippen molar-refractivity contribution in [2.75, 3.05) is 19.8 Å². The number of aromatic nitrogens is 1. The molecule has 0 radical (unpaired) electrons. The lowest BCUT2D eigenvalue weighted by atomic mass is 10.3. The van der Waals surface area contributed by atoms with Gasteiger partial charge in [0.25, 0.3) is 0 Å². The molecule has 0 saturated heterocycles. The third-order valence-electron chi connectivity index (χ3n) is 2.62. The Morgan fingerprint density at radius 1 is 1.26 bits per heavy atom. The van der Waals surface area contributed by atoms with Crippen LogP contribution in [-0.2, 0) is 11.3 Å². The van der Waals surface area contributed by atoms with E-state index in [1.807, 2.05) is 12.1 Å². The Balaban J connectivity index is 2.24. The van der Waals surface area contributed by atoms with Crippen molar-refractivity contribution in [2.45, 2.75) is 46.2 Å². The maximum atomic E-state index is 5.64. The minimum atomic E-state index is 0.457. The Kier molecular flexibility index (Phi) is 8.18. The van der Waals surface area contributed by atoms with Crippen molar-refractivity contribution in [3.8, 4) is 5.75 Å². The minimum absolute atomic E-state index is 0.457. The Bertz CT molecular complexity index is 343. The first-order valence-corrected chi connectivity index (χ1v) is 7.11. The zero-order valence-electron chi connectivity index (χ0n) is 12.3. The maximum absolute atomic E-state index is 5.64. The molecule has 0 aliphatic rings. The molecule has 0 bridgehead atoms. The topological polar surface area (TPSA) is 43.4 Å². The highest BCUT2D eigenvalue weighted by Gasteiger charge is 2.00. The van der Waals surface area contributed by atoms with Gasteiger partial charge in [-0.15, -0.1) is 0 Å². The van der Waals surface area contributed by atoms with E-state index in [1.165, 1.54) is 0 Å². The highest BCUT2D eigenvalue weighted by molar-refractivity contribution is 5.22. The van der Waals surface area contributed by atoms with Crippen LogP contribution < -0.4 is 10.1 Å². The van der Waals surface area contributed by atoms with Gasteiger partial charge in [0.15, 0.2) is 0 Å². The molecule has 0 amide bonds. The highest BCUT2D eigenvalue weighted by atomic mass is 16.5. The molecule has 1 rings (SSSR count). The molecule has 4 heteroatoms. The lowest BCUT2D eigenvalue weighted by molar-refractivity contribution is 0.0980. The van der Waals surface area contributed by atoms with E-state index in [2.05, 4.69) is 31.1 Å². The molecule has 0 fully saturated rings. The second-order valence-corrected chi connectivity index (χ2v) is 4.83. The zero-order valence-corrected chi connectivity index (χ0v) is 12.3. The highest BCUT2D eigenvalue weighted by Crippen LogP contribution is 2.10. The summed E-state index contributed by atoms with van der Waals surface area (Å²) in [5.74, 6) is 0.856. The van der Waals surface area contributed by atoms with Gasteiger partial charge in [-0.3, -0.25) is 4.98 Å². The summed E-state index contributed by atoms with van der Waals surface area (Å²) >= 11 is 0. The van der Waals surface area contributed by atoms with Crippen molar-refractivity contribution in [2.24, 2.45) is 0 Å². The van der Waals surface area contributed by atoms with Crippen molar-refractivity contribution in [3.63, 3.8) is 0 Å². The van der Waals surface area contributed by atoms with Crippen LogP contribution in [0.25, 0.3) is 0 Å². The van der Waals surface area contributed by atoms with Gasteiger partial charge < -0.3 is 14.8 Å². The van der Waals surface area contributed by atoms with Crippen LogP contribution in [0.2, 0.25) is 0 Å². The van der Waals surface area contributed by atoms with Crippen molar-refractivity contribution in [1.29, 1.82) is 0 Å². The van der Waals surface area contributed by atoms with Gasteiger partial charge in [0, 0.05) is 31.5 Å². The fourth-order valence-corrected chi connectivity index (χ4v) is 1.52. The normalized spacial score (nSPS) is 10.9. The maximum Gasteiger partial charge on any atom is 0.122 e. The summed E-state index contributed by atoms with van der Waals surface area (Å²) in [7, 11) is 0. The largest absolute Gasteiger partial charge is 0.491 e. The zero-order chi connectivity index (χ0) is 13.9. The van der Waals surface area contributed by atoms with E-state index in [-0.39, 0.29) is 0 Å². The molecule has 1 N–H and O–H groups in total. The van der Waals surface area contributed by atoms with E-state index in [1.54, 1.807) is 6.20 Å². The van der Waals surface area contributed by atoms with Gasteiger partial charge in [0.2, 0.25) is 0 Å². The van der Waals surface area contributed by atoms with Crippen molar-refractivity contribution in [1.82, 2.24) is 10.3 Å². The van der Waals surface area contributed by atoms with Gasteiger partial charge in [-0.05, 0) is 12.5 Å². The Labute approximate surface area is 116 Å². The van der Waals surface area contributed by atoms with Crippen LogP contribution >= 0.6 is 0 Å². The third-order valence-corrected chi connectivity index (χ3v) is 2.62. The SMILES string of the molecule is CCCCOCCOc1ccnc(CNC(C)C)c1. The quantitative estimate of drug-likeness (QED) is 0.661. The van der Waals surface area contributed by atoms with Crippen LogP contribution in [0.1, 0.15) is 39.3 Å². The molecule has 0 aliphatic carbocycles. The molecule has 0 aromatic carbocycles. The number of pyridine rings is 1. The summed E-state index contributed by atoms with van der Waals surface area (Å²) in [6, 6.07) is 4.31. The van der Waals surface area contributed by atoms with Crippen LogP contribution in [0, 0.1) is 0 Å². The second kappa shape index (κ2) is 9.75. The fourth-order valence-electron chi connectivity index (χ4n) is 1.52. The Morgan fingerprint density at radius 2 is 2.11 bits per heavy atom. The molecule has 4 nitrogen and oxygen atoms in total. The smallest absolute Gasteiger partial charge is 0.122 e. The second-order valence-electron chi connectivity index (χ2n) is 4.83. The lowest BCUT2D eigenvalue weighted by Crippen LogP contribution is -2.22.